The number of hydrogen-bond acceptors (Lipinski definition) is 5. The minimum atomic E-state index is 0.244. The number of carbonyl (C=O) groups excluding carboxylic acids is 1. The van der Waals surface area contributed by atoms with Gasteiger partial charge in [-0.15, -0.1) is 0 Å². The maximum Gasteiger partial charge on any atom is 0.139 e. The number of carbonyl (C=O) groups is 1. The van der Waals surface area contributed by atoms with Crippen LogP contribution < -0.4 is 0 Å². The molecule has 1 aliphatic rings. The number of rotatable bonds is 2. The smallest absolute Gasteiger partial charge is 0.139 e. The molecule has 0 saturated heterocycles. The highest BCUT2D eigenvalue weighted by Gasteiger charge is 2.21. The second-order valence-electron chi connectivity index (χ2n) is 4.00. The van der Waals surface area contributed by atoms with Crippen LogP contribution in [0.15, 0.2) is 10.2 Å². The Balaban J connectivity index is 2.89. The van der Waals surface area contributed by atoms with Crippen molar-refractivity contribution in [3.63, 3.8) is 0 Å². The van der Waals surface area contributed by atoms with Crippen molar-refractivity contribution in [2.45, 2.75) is 19.3 Å². The Labute approximate surface area is 90.4 Å². The van der Waals surface area contributed by atoms with Crippen LogP contribution in [-0.2, 0) is 4.79 Å². The van der Waals surface area contributed by atoms with Crippen molar-refractivity contribution in [2.75, 3.05) is 28.2 Å². The lowest BCUT2D eigenvalue weighted by Crippen LogP contribution is -2.29. The Morgan fingerprint density at radius 3 is 2.00 bits per heavy atom. The summed E-state index contributed by atoms with van der Waals surface area (Å²) in [6.45, 7) is 0. The highest BCUT2D eigenvalue weighted by molar-refractivity contribution is 6.46. The first-order valence-corrected chi connectivity index (χ1v) is 5.00. The monoisotopic (exact) mass is 210 g/mol. The van der Waals surface area contributed by atoms with Crippen molar-refractivity contribution in [1.29, 1.82) is 0 Å². The molecular formula is C10H18N4O. The van der Waals surface area contributed by atoms with Gasteiger partial charge in [-0.25, -0.2) is 0 Å². The molecule has 0 aliphatic heterocycles. The van der Waals surface area contributed by atoms with Crippen LogP contribution in [0.4, 0.5) is 0 Å². The lowest BCUT2D eigenvalue weighted by molar-refractivity contribution is -0.117. The molecule has 0 heterocycles. The zero-order valence-corrected chi connectivity index (χ0v) is 9.82. The number of Topliss-reactive ketones (excluding diaryl/α,β-unsaturated/α-hetero) is 1. The van der Waals surface area contributed by atoms with Crippen LogP contribution >= 0.6 is 0 Å². The van der Waals surface area contributed by atoms with Crippen molar-refractivity contribution in [1.82, 2.24) is 10.0 Å². The predicted octanol–water partition coefficient (Wildman–Crippen LogP) is 0.575. The first-order chi connectivity index (χ1) is 6.99. The van der Waals surface area contributed by atoms with E-state index in [9.17, 15) is 4.79 Å². The van der Waals surface area contributed by atoms with Gasteiger partial charge < -0.3 is 10.0 Å². The van der Waals surface area contributed by atoms with Gasteiger partial charge in [0.1, 0.15) is 5.78 Å². The van der Waals surface area contributed by atoms with Gasteiger partial charge in [-0.2, -0.15) is 10.2 Å². The van der Waals surface area contributed by atoms with Gasteiger partial charge in [-0.05, 0) is 0 Å². The average Bonchev–Trinajstić information content (AvgIpc) is 2.08. The Hall–Kier alpha value is -1.39. The summed E-state index contributed by atoms with van der Waals surface area (Å²) in [6, 6.07) is 0. The average molecular weight is 210 g/mol. The molecule has 0 amide bonds. The summed E-state index contributed by atoms with van der Waals surface area (Å²) in [6.07, 6.45) is 1.69. The second-order valence-corrected chi connectivity index (χ2v) is 4.00. The zero-order chi connectivity index (χ0) is 11.4. The minimum absolute atomic E-state index is 0.244. The highest BCUT2D eigenvalue weighted by Crippen LogP contribution is 2.11. The van der Waals surface area contributed by atoms with E-state index in [1.54, 1.807) is 10.0 Å². The molecule has 0 atom stereocenters. The van der Waals surface area contributed by atoms with E-state index in [2.05, 4.69) is 10.2 Å². The van der Waals surface area contributed by atoms with E-state index in [0.29, 0.717) is 19.3 Å². The lowest BCUT2D eigenvalue weighted by Gasteiger charge is -2.18. The van der Waals surface area contributed by atoms with Gasteiger partial charge in [0.2, 0.25) is 0 Å². The van der Waals surface area contributed by atoms with Crippen LogP contribution in [0.25, 0.3) is 0 Å². The van der Waals surface area contributed by atoms with E-state index in [1.807, 2.05) is 28.2 Å². The van der Waals surface area contributed by atoms with E-state index in [-0.39, 0.29) is 5.78 Å². The molecule has 1 saturated carbocycles. The summed E-state index contributed by atoms with van der Waals surface area (Å²) in [7, 11) is 7.44. The molecule has 1 rings (SSSR count). The Morgan fingerprint density at radius 1 is 0.933 bits per heavy atom. The molecule has 84 valence electrons. The normalized spacial score (nSPS) is 22.3. The third-order valence-corrected chi connectivity index (χ3v) is 1.98. The molecule has 0 radical (unpaired) electrons. The summed E-state index contributed by atoms with van der Waals surface area (Å²) in [4.78, 5) is 11.3. The Kier molecular flexibility index (Phi) is 3.82. The third kappa shape index (κ3) is 3.69. The third-order valence-electron chi connectivity index (χ3n) is 1.98. The summed E-state index contributed by atoms with van der Waals surface area (Å²) in [5.41, 5.74) is 1.72. The van der Waals surface area contributed by atoms with Gasteiger partial charge in [0.05, 0.1) is 17.8 Å². The van der Waals surface area contributed by atoms with E-state index in [4.69, 9.17) is 0 Å². The van der Waals surface area contributed by atoms with Crippen LogP contribution in [0.1, 0.15) is 19.3 Å². The molecule has 5 nitrogen and oxygen atoms in total. The maximum atomic E-state index is 11.3. The van der Waals surface area contributed by atoms with Crippen LogP contribution in [0.3, 0.4) is 0 Å². The summed E-state index contributed by atoms with van der Waals surface area (Å²) < 4.78 is 0. The fourth-order valence-electron chi connectivity index (χ4n) is 1.46. The van der Waals surface area contributed by atoms with E-state index in [1.165, 1.54) is 0 Å². The van der Waals surface area contributed by atoms with Crippen molar-refractivity contribution < 1.29 is 4.79 Å². The Bertz CT molecular complexity index is 305. The topological polar surface area (TPSA) is 48.3 Å². The molecule has 1 fully saturated rings. The second kappa shape index (κ2) is 4.91. The van der Waals surface area contributed by atoms with Gasteiger partial charge in [-0.3, -0.25) is 4.79 Å². The summed E-state index contributed by atoms with van der Waals surface area (Å²) in [5.74, 6) is 0.244. The molecule has 0 aromatic carbocycles. The quantitative estimate of drug-likeness (QED) is 0.626. The molecule has 0 aromatic heterocycles. The molecule has 5 heteroatoms. The lowest BCUT2D eigenvalue weighted by atomic mass is 9.95. The van der Waals surface area contributed by atoms with Crippen molar-refractivity contribution >= 4 is 17.2 Å². The van der Waals surface area contributed by atoms with E-state index >= 15 is 0 Å². The number of hydrazone groups is 2. The van der Waals surface area contributed by atoms with Crippen LogP contribution in [0, 0.1) is 0 Å². The fraction of sp³-hybridized carbons (Fsp3) is 0.700. The van der Waals surface area contributed by atoms with Gasteiger partial charge in [0, 0.05) is 41.0 Å². The zero-order valence-electron chi connectivity index (χ0n) is 9.82. The number of ketones is 1. The van der Waals surface area contributed by atoms with Crippen LogP contribution in [0.5, 0.6) is 0 Å². The largest absolute Gasteiger partial charge is 0.303 e. The van der Waals surface area contributed by atoms with Crippen LogP contribution in [0.2, 0.25) is 0 Å². The number of nitrogens with zero attached hydrogens (tertiary/aromatic N) is 4. The first kappa shape index (κ1) is 11.7. The Morgan fingerprint density at radius 2 is 1.47 bits per heavy atom. The molecule has 0 aromatic rings. The van der Waals surface area contributed by atoms with Crippen molar-refractivity contribution in [2.24, 2.45) is 10.2 Å². The van der Waals surface area contributed by atoms with Gasteiger partial charge in [0.25, 0.3) is 0 Å². The fourth-order valence-corrected chi connectivity index (χ4v) is 1.46. The van der Waals surface area contributed by atoms with E-state index in [0.717, 1.165) is 11.4 Å². The summed E-state index contributed by atoms with van der Waals surface area (Å²) >= 11 is 0. The minimum Gasteiger partial charge on any atom is -0.303 e. The van der Waals surface area contributed by atoms with Gasteiger partial charge in [0.15, 0.2) is 0 Å². The SMILES string of the molecule is CN(C)N=C1CCC(=O)CC1=NN(C)C. The molecule has 1 aliphatic carbocycles. The highest BCUT2D eigenvalue weighted by atomic mass is 16.1. The van der Waals surface area contributed by atoms with Gasteiger partial charge in [-0.1, -0.05) is 0 Å². The maximum absolute atomic E-state index is 11.3. The molecule has 0 bridgehead atoms. The molecule has 0 spiro atoms. The molecule has 15 heavy (non-hydrogen) atoms. The number of hydrogen-bond donors (Lipinski definition) is 0. The van der Waals surface area contributed by atoms with Crippen molar-refractivity contribution in [3.8, 4) is 0 Å². The molecule has 0 unspecified atom stereocenters. The standard InChI is InChI=1S/C10H18N4O/c1-13(2)11-9-6-5-8(15)7-10(9)12-14(3)4/h5-7H2,1-4H3. The molecular weight excluding hydrogens is 192 g/mol. The molecule has 0 N–H and O–H groups in total. The van der Waals surface area contributed by atoms with Crippen molar-refractivity contribution in [3.05, 3.63) is 0 Å². The van der Waals surface area contributed by atoms with E-state index < -0.39 is 0 Å². The van der Waals surface area contributed by atoms with Gasteiger partial charge >= 0.3 is 0 Å². The summed E-state index contributed by atoms with van der Waals surface area (Å²) in [5, 5.41) is 12.1. The first-order valence-electron chi connectivity index (χ1n) is 5.00. The predicted molar refractivity (Wildman–Crippen MR) is 61.1 cm³/mol. The van der Waals surface area contributed by atoms with Crippen LogP contribution in [-0.4, -0.2) is 55.4 Å².